The minimum Gasteiger partial charge on any atom is -0.388 e. The second-order valence-corrected chi connectivity index (χ2v) is 4.25. The molecular weight excluding hydrogens is 230 g/mol. The Morgan fingerprint density at radius 1 is 1.33 bits per heavy atom. The fourth-order valence-corrected chi connectivity index (χ4v) is 2.02. The standard InChI is InChI=1S/C12H19N5O/c1-3-11(4-2)16-6-5-10(15-16)7-17-12(8-18)13-9-14-17/h5-6,9,11,18H,3-4,7-8H2,1-2H3. The second-order valence-electron chi connectivity index (χ2n) is 4.25. The summed E-state index contributed by atoms with van der Waals surface area (Å²) in [6.45, 7) is 4.77. The van der Waals surface area contributed by atoms with E-state index in [9.17, 15) is 0 Å². The average Bonchev–Trinajstić information content (AvgIpc) is 3.01. The van der Waals surface area contributed by atoms with E-state index in [0.29, 0.717) is 18.4 Å². The van der Waals surface area contributed by atoms with Crippen LogP contribution < -0.4 is 0 Å². The highest BCUT2D eigenvalue weighted by Crippen LogP contribution is 2.14. The fourth-order valence-electron chi connectivity index (χ4n) is 2.02. The highest BCUT2D eigenvalue weighted by molar-refractivity contribution is 5.01. The van der Waals surface area contributed by atoms with Gasteiger partial charge in [0, 0.05) is 6.20 Å². The van der Waals surface area contributed by atoms with E-state index in [-0.39, 0.29) is 6.61 Å². The van der Waals surface area contributed by atoms with E-state index in [2.05, 4.69) is 29.0 Å². The lowest BCUT2D eigenvalue weighted by atomic mass is 10.2. The third-order valence-corrected chi connectivity index (χ3v) is 3.13. The third-order valence-electron chi connectivity index (χ3n) is 3.13. The average molecular weight is 249 g/mol. The molecule has 0 radical (unpaired) electrons. The Bertz CT molecular complexity index is 486. The number of rotatable bonds is 6. The molecule has 0 atom stereocenters. The molecule has 6 heteroatoms. The van der Waals surface area contributed by atoms with Gasteiger partial charge in [-0.05, 0) is 18.9 Å². The molecule has 0 saturated heterocycles. The maximum atomic E-state index is 9.11. The van der Waals surface area contributed by atoms with Crippen LogP contribution in [0.2, 0.25) is 0 Å². The number of aliphatic hydroxyl groups excluding tert-OH is 1. The lowest BCUT2D eigenvalue weighted by molar-refractivity contribution is 0.263. The molecule has 0 aliphatic rings. The lowest BCUT2D eigenvalue weighted by Crippen LogP contribution is -2.10. The normalized spacial score (nSPS) is 11.3. The van der Waals surface area contributed by atoms with Crippen LogP contribution in [0.3, 0.4) is 0 Å². The SMILES string of the molecule is CCC(CC)n1ccc(Cn2ncnc2CO)n1. The first-order valence-electron chi connectivity index (χ1n) is 6.30. The van der Waals surface area contributed by atoms with Gasteiger partial charge in [-0.3, -0.25) is 4.68 Å². The molecule has 2 heterocycles. The molecule has 98 valence electrons. The quantitative estimate of drug-likeness (QED) is 0.839. The molecule has 0 unspecified atom stereocenters. The number of hydrogen-bond donors (Lipinski definition) is 1. The Hall–Kier alpha value is -1.69. The molecule has 1 N–H and O–H groups in total. The molecule has 2 rings (SSSR count). The van der Waals surface area contributed by atoms with Crippen LogP contribution in [0.4, 0.5) is 0 Å². The van der Waals surface area contributed by atoms with Crippen LogP contribution in [0.5, 0.6) is 0 Å². The summed E-state index contributed by atoms with van der Waals surface area (Å²) in [5.41, 5.74) is 0.933. The van der Waals surface area contributed by atoms with Crippen LogP contribution in [0.15, 0.2) is 18.6 Å². The molecule has 2 aromatic heterocycles. The van der Waals surface area contributed by atoms with Gasteiger partial charge >= 0.3 is 0 Å². The van der Waals surface area contributed by atoms with Gasteiger partial charge in [0.1, 0.15) is 12.9 Å². The summed E-state index contributed by atoms with van der Waals surface area (Å²) in [6, 6.07) is 2.44. The Morgan fingerprint density at radius 2 is 2.11 bits per heavy atom. The van der Waals surface area contributed by atoms with Gasteiger partial charge in [-0.1, -0.05) is 13.8 Å². The summed E-state index contributed by atoms with van der Waals surface area (Å²) >= 11 is 0. The van der Waals surface area contributed by atoms with E-state index in [4.69, 9.17) is 5.11 Å². The maximum absolute atomic E-state index is 9.11. The van der Waals surface area contributed by atoms with Gasteiger partial charge < -0.3 is 5.11 Å². The maximum Gasteiger partial charge on any atom is 0.152 e. The summed E-state index contributed by atoms with van der Waals surface area (Å²) in [6.07, 6.45) is 5.59. The van der Waals surface area contributed by atoms with Gasteiger partial charge in [-0.2, -0.15) is 10.2 Å². The van der Waals surface area contributed by atoms with Crippen molar-refractivity contribution in [2.24, 2.45) is 0 Å². The van der Waals surface area contributed by atoms with Gasteiger partial charge in [0.2, 0.25) is 0 Å². The first-order chi connectivity index (χ1) is 8.78. The van der Waals surface area contributed by atoms with Gasteiger partial charge in [-0.25, -0.2) is 9.67 Å². The van der Waals surface area contributed by atoms with Crippen molar-refractivity contribution in [1.82, 2.24) is 24.5 Å². The second kappa shape index (κ2) is 5.77. The van der Waals surface area contributed by atoms with Crippen LogP contribution in [-0.2, 0) is 13.2 Å². The van der Waals surface area contributed by atoms with Crippen molar-refractivity contribution in [2.75, 3.05) is 0 Å². The molecule has 0 amide bonds. The highest BCUT2D eigenvalue weighted by atomic mass is 16.3. The van der Waals surface area contributed by atoms with Crippen LogP contribution in [0, 0.1) is 0 Å². The van der Waals surface area contributed by atoms with Crippen molar-refractivity contribution >= 4 is 0 Å². The van der Waals surface area contributed by atoms with Crippen molar-refractivity contribution in [3.63, 3.8) is 0 Å². The first-order valence-corrected chi connectivity index (χ1v) is 6.30. The molecular formula is C12H19N5O. The lowest BCUT2D eigenvalue weighted by Gasteiger charge is -2.12. The van der Waals surface area contributed by atoms with Crippen LogP contribution >= 0.6 is 0 Å². The van der Waals surface area contributed by atoms with E-state index in [1.807, 2.05) is 16.9 Å². The molecule has 0 aliphatic heterocycles. The number of nitrogens with zero attached hydrogens (tertiary/aromatic N) is 5. The van der Waals surface area contributed by atoms with Gasteiger partial charge in [0.15, 0.2) is 5.82 Å². The number of hydrogen-bond acceptors (Lipinski definition) is 4. The van der Waals surface area contributed by atoms with E-state index < -0.39 is 0 Å². The summed E-state index contributed by atoms with van der Waals surface area (Å²) < 4.78 is 3.67. The Balaban J connectivity index is 2.11. The minimum absolute atomic E-state index is 0.104. The van der Waals surface area contributed by atoms with Crippen LogP contribution in [-0.4, -0.2) is 29.7 Å². The summed E-state index contributed by atoms with van der Waals surface area (Å²) in [5.74, 6) is 0.562. The molecule has 0 saturated carbocycles. The zero-order valence-corrected chi connectivity index (χ0v) is 10.8. The van der Waals surface area contributed by atoms with Gasteiger partial charge in [0.25, 0.3) is 0 Å². The van der Waals surface area contributed by atoms with Crippen LogP contribution in [0.1, 0.15) is 44.2 Å². The van der Waals surface area contributed by atoms with Gasteiger partial charge in [0.05, 0.1) is 18.3 Å². The molecule has 0 aliphatic carbocycles. The Kier molecular flexibility index (Phi) is 4.09. The highest BCUT2D eigenvalue weighted by Gasteiger charge is 2.09. The van der Waals surface area contributed by atoms with Gasteiger partial charge in [-0.15, -0.1) is 0 Å². The Labute approximate surface area is 106 Å². The zero-order chi connectivity index (χ0) is 13.0. The molecule has 0 bridgehead atoms. The zero-order valence-electron chi connectivity index (χ0n) is 10.8. The predicted molar refractivity (Wildman–Crippen MR) is 66.9 cm³/mol. The number of aromatic nitrogens is 5. The van der Waals surface area contributed by atoms with Crippen molar-refractivity contribution in [3.05, 3.63) is 30.1 Å². The summed E-state index contributed by atoms with van der Waals surface area (Å²) in [5, 5.41) is 17.7. The Morgan fingerprint density at radius 3 is 2.78 bits per heavy atom. The molecule has 0 aromatic carbocycles. The topological polar surface area (TPSA) is 68.8 Å². The number of aliphatic hydroxyl groups is 1. The molecule has 6 nitrogen and oxygen atoms in total. The van der Waals surface area contributed by atoms with Crippen molar-refractivity contribution in [2.45, 2.75) is 45.9 Å². The first kappa shape index (κ1) is 12.8. The molecule has 0 fully saturated rings. The fraction of sp³-hybridized carbons (Fsp3) is 0.583. The van der Waals surface area contributed by atoms with E-state index in [1.165, 1.54) is 6.33 Å². The van der Waals surface area contributed by atoms with Crippen LogP contribution in [0.25, 0.3) is 0 Å². The summed E-state index contributed by atoms with van der Waals surface area (Å²) in [4.78, 5) is 3.97. The van der Waals surface area contributed by atoms with E-state index in [1.54, 1.807) is 4.68 Å². The van der Waals surface area contributed by atoms with Crippen molar-refractivity contribution in [3.8, 4) is 0 Å². The van der Waals surface area contributed by atoms with Crippen molar-refractivity contribution < 1.29 is 5.11 Å². The largest absolute Gasteiger partial charge is 0.388 e. The summed E-state index contributed by atoms with van der Waals surface area (Å²) in [7, 11) is 0. The third kappa shape index (κ3) is 2.59. The molecule has 0 spiro atoms. The predicted octanol–water partition coefficient (Wildman–Crippen LogP) is 1.38. The van der Waals surface area contributed by atoms with E-state index >= 15 is 0 Å². The smallest absolute Gasteiger partial charge is 0.152 e. The van der Waals surface area contributed by atoms with E-state index in [0.717, 1.165) is 18.5 Å². The minimum atomic E-state index is -0.104. The molecule has 2 aromatic rings. The molecule has 18 heavy (non-hydrogen) atoms. The van der Waals surface area contributed by atoms with Crippen molar-refractivity contribution in [1.29, 1.82) is 0 Å². The monoisotopic (exact) mass is 249 g/mol.